The number of rotatable bonds is 4. The van der Waals surface area contributed by atoms with Gasteiger partial charge >= 0.3 is 0 Å². The molecule has 1 aliphatic rings. The van der Waals surface area contributed by atoms with Crippen molar-refractivity contribution in [2.45, 2.75) is 44.8 Å². The fourth-order valence-corrected chi connectivity index (χ4v) is 3.73. The zero-order valence-electron chi connectivity index (χ0n) is 16.2. The predicted octanol–water partition coefficient (Wildman–Crippen LogP) is 3.81. The van der Waals surface area contributed by atoms with Crippen LogP contribution < -0.4 is 0 Å². The lowest BCUT2D eigenvalue weighted by atomic mass is 9.82. The number of aromatic nitrogens is 2. The molecule has 6 heteroatoms. The minimum absolute atomic E-state index is 0.148. The number of carbonyl (C=O) groups excluding carboxylic acids is 1. The Balaban J connectivity index is 1.84. The van der Waals surface area contributed by atoms with Gasteiger partial charge in [-0.1, -0.05) is 35.9 Å². The summed E-state index contributed by atoms with van der Waals surface area (Å²) in [7, 11) is 0. The molecule has 4 rings (SSSR count). The maximum atomic E-state index is 14.3. The van der Waals surface area contributed by atoms with E-state index in [9.17, 15) is 19.4 Å². The standard InChI is InChI=1S/C23H23FN2O3/c1-15-2-4-16(5-3-15)21-13-22(23(29)10-8-19(28)9-11-23)25-26(21)18-7-6-17(14-27)20(24)12-18/h2-7,12-13,27,29H,8-11,14H2,1H3. The molecule has 0 aliphatic heterocycles. The SMILES string of the molecule is Cc1ccc(-c2cc(C3(O)CCC(=O)CC3)nn2-c2ccc(CO)c(F)c2)cc1. The van der Waals surface area contributed by atoms with Crippen molar-refractivity contribution < 1.29 is 19.4 Å². The third-order valence-electron chi connectivity index (χ3n) is 5.62. The number of aryl methyl sites for hydroxylation is 1. The number of aliphatic hydroxyl groups is 2. The van der Waals surface area contributed by atoms with Gasteiger partial charge in [0.15, 0.2) is 0 Å². The summed E-state index contributed by atoms with van der Waals surface area (Å²) in [6, 6.07) is 14.2. The molecular formula is C23H23FN2O3. The highest BCUT2D eigenvalue weighted by molar-refractivity contribution is 5.79. The maximum absolute atomic E-state index is 14.3. The summed E-state index contributed by atoms with van der Waals surface area (Å²) in [6.45, 7) is 1.62. The van der Waals surface area contributed by atoms with E-state index in [1.807, 2.05) is 37.3 Å². The molecule has 1 aliphatic carbocycles. The summed E-state index contributed by atoms with van der Waals surface area (Å²) in [5.41, 5.74) is 2.73. The van der Waals surface area contributed by atoms with Crippen molar-refractivity contribution in [2.24, 2.45) is 0 Å². The molecule has 1 aromatic heterocycles. The number of Topliss-reactive ketones (excluding diaryl/α,β-unsaturated/α-hetero) is 1. The Morgan fingerprint density at radius 2 is 1.79 bits per heavy atom. The molecule has 0 atom stereocenters. The minimum atomic E-state index is -1.18. The Kier molecular flexibility index (Phi) is 5.06. The Labute approximate surface area is 168 Å². The summed E-state index contributed by atoms with van der Waals surface area (Å²) < 4.78 is 15.9. The van der Waals surface area contributed by atoms with Crippen molar-refractivity contribution in [3.8, 4) is 16.9 Å². The van der Waals surface area contributed by atoms with E-state index in [0.29, 0.717) is 37.1 Å². The molecule has 0 bridgehead atoms. The molecule has 0 radical (unpaired) electrons. The lowest BCUT2D eigenvalue weighted by molar-refractivity contribution is -0.125. The van der Waals surface area contributed by atoms with Crippen LogP contribution in [0.1, 0.15) is 42.5 Å². The summed E-state index contributed by atoms with van der Waals surface area (Å²) in [6.07, 6.45) is 1.30. The van der Waals surface area contributed by atoms with Gasteiger partial charge in [-0.25, -0.2) is 9.07 Å². The average Bonchev–Trinajstić information content (AvgIpc) is 3.17. The van der Waals surface area contributed by atoms with Gasteiger partial charge in [-0.3, -0.25) is 4.79 Å². The molecule has 0 spiro atoms. The minimum Gasteiger partial charge on any atom is -0.392 e. The number of ketones is 1. The topological polar surface area (TPSA) is 75.3 Å². The number of hydrogen-bond acceptors (Lipinski definition) is 4. The molecule has 5 nitrogen and oxygen atoms in total. The van der Waals surface area contributed by atoms with E-state index in [2.05, 4.69) is 5.10 Å². The molecule has 2 N–H and O–H groups in total. The monoisotopic (exact) mass is 394 g/mol. The van der Waals surface area contributed by atoms with Crippen LogP contribution in [0.5, 0.6) is 0 Å². The zero-order valence-corrected chi connectivity index (χ0v) is 16.2. The van der Waals surface area contributed by atoms with Crippen molar-refractivity contribution in [2.75, 3.05) is 0 Å². The number of halogens is 1. The lowest BCUT2D eigenvalue weighted by Gasteiger charge is -2.29. The van der Waals surface area contributed by atoms with E-state index in [4.69, 9.17) is 0 Å². The summed E-state index contributed by atoms with van der Waals surface area (Å²) >= 11 is 0. The fourth-order valence-electron chi connectivity index (χ4n) is 3.73. The largest absolute Gasteiger partial charge is 0.392 e. The van der Waals surface area contributed by atoms with Crippen LogP contribution in [0.3, 0.4) is 0 Å². The zero-order chi connectivity index (χ0) is 20.6. The first kappa shape index (κ1) is 19.5. The number of aliphatic hydroxyl groups excluding tert-OH is 1. The Hall–Kier alpha value is -2.83. The number of hydrogen-bond donors (Lipinski definition) is 2. The first-order valence-electron chi connectivity index (χ1n) is 9.71. The van der Waals surface area contributed by atoms with Crippen molar-refractivity contribution >= 4 is 5.78 Å². The van der Waals surface area contributed by atoms with E-state index in [1.165, 1.54) is 12.1 Å². The van der Waals surface area contributed by atoms with Crippen LogP contribution in [-0.2, 0) is 17.0 Å². The normalized spacial score (nSPS) is 16.2. The molecule has 1 heterocycles. The lowest BCUT2D eigenvalue weighted by Crippen LogP contribution is -2.32. The van der Waals surface area contributed by atoms with Gasteiger partial charge in [0.05, 0.1) is 23.7 Å². The molecular weight excluding hydrogens is 371 g/mol. The first-order valence-corrected chi connectivity index (χ1v) is 9.71. The molecule has 3 aromatic rings. The highest BCUT2D eigenvalue weighted by Gasteiger charge is 2.37. The van der Waals surface area contributed by atoms with E-state index in [0.717, 1.165) is 16.8 Å². The van der Waals surface area contributed by atoms with Gasteiger partial charge in [0.1, 0.15) is 17.2 Å². The van der Waals surface area contributed by atoms with Crippen molar-refractivity contribution in [1.82, 2.24) is 9.78 Å². The molecule has 29 heavy (non-hydrogen) atoms. The molecule has 150 valence electrons. The molecule has 1 saturated carbocycles. The number of nitrogens with zero attached hydrogens (tertiary/aromatic N) is 2. The van der Waals surface area contributed by atoms with Gasteiger partial charge in [-0.15, -0.1) is 0 Å². The second kappa shape index (κ2) is 7.54. The highest BCUT2D eigenvalue weighted by atomic mass is 19.1. The van der Waals surface area contributed by atoms with Crippen LogP contribution in [-0.4, -0.2) is 25.8 Å². The number of carbonyl (C=O) groups is 1. The Bertz CT molecular complexity index is 1050. The predicted molar refractivity (Wildman–Crippen MR) is 107 cm³/mol. The van der Waals surface area contributed by atoms with Crippen LogP contribution in [0.2, 0.25) is 0 Å². The van der Waals surface area contributed by atoms with E-state index in [-0.39, 0.29) is 18.0 Å². The molecule has 0 unspecified atom stereocenters. The molecule has 2 aromatic carbocycles. The second-order valence-electron chi connectivity index (χ2n) is 7.70. The third kappa shape index (κ3) is 3.73. The van der Waals surface area contributed by atoms with Crippen molar-refractivity contribution in [3.63, 3.8) is 0 Å². The van der Waals surface area contributed by atoms with Crippen LogP contribution in [0.25, 0.3) is 16.9 Å². The fraction of sp³-hybridized carbons (Fsp3) is 0.304. The van der Waals surface area contributed by atoms with Crippen LogP contribution in [0.4, 0.5) is 4.39 Å². The molecule has 1 fully saturated rings. The molecule has 0 amide bonds. The van der Waals surface area contributed by atoms with Crippen LogP contribution in [0.15, 0.2) is 48.5 Å². The summed E-state index contributed by atoms with van der Waals surface area (Å²) in [4.78, 5) is 11.6. The molecule has 0 saturated heterocycles. The quantitative estimate of drug-likeness (QED) is 0.706. The van der Waals surface area contributed by atoms with Crippen LogP contribution in [0, 0.1) is 12.7 Å². The van der Waals surface area contributed by atoms with E-state index >= 15 is 0 Å². The van der Waals surface area contributed by atoms with Gasteiger partial charge in [-0.05, 0) is 38.0 Å². The highest BCUT2D eigenvalue weighted by Crippen LogP contribution is 2.37. The second-order valence-corrected chi connectivity index (χ2v) is 7.70. The van der Waals surface area contributed by atoms with Crippen molar-refractivity contribution in [1.29, 1.82) is 0 Å². The van der Waals surface area contributed by atoms with Crippen molar-refractivity contribution in [3.05, 3.63) is 71.2 Å². The van der Waals surface area contributed by atoms with Gasteiger partial charge in [-0.2, -0.15) is 5.10 Å². The third-order valence-corrected chi connectivity index (χ3v) is 5.62. The van der Waals surface area contributed by atoms with Crippen LogP contribution >= 0.6 is 0 Å². The summed E-state index contributed by atoms with van der Waals surface area (Å²) in [5, 5.41) is 25.0. The van der Waals surface area contributed by atoms with Gasteiger partial charge in [0.25, 0.3) is 0 Å². The van der Waals surface area contributed by atoms with Gasteiger partial charge in [0, 0.05) is 24.0 Å². The smallest absolute Gasteiger partial charge is 0.133 e. The Morgan fingerprint density at radius 1 is 1.10 bits per heavy atom. The van der Waals surface area contributed by atoms with Gasteiger partial charge < -0.3 is 10.2 Å². The van der Waals surface area contributed by atoms with E-state index < -0.39 is 11.4 Å². The maximum Gasteiger partial charge on any atom is 0.133 e. The average molecular weight is 394 g/mol. The number of benzene rings is 2. The summed E-state index contributed by atoms with van der Waals surface area (Å²) in [5.74, 6) is -0.367. The van der Waals surface area contributed by atoms with Gasteiger partial charge in [0.2, 0.25) is 0 Å². The Morgan fingerprint density at radius 3 is 2.41 bits per heavy atom. The first-order chi connectivity index (χ1) is 13.9. The van der Waals surface area contributed by atoms with E-state index in [1.54, 1.807) is 10.7 Å².